The van der Waals surface area contributed by atoms with Crippen LogP contribution in [0.2, 0.25) is 0 Å². The van der Waals surface area contributed by atoms with E-state index in [1.807, 2.05) is 0 Å². The average Bonchev–Trinajstić information content (AvgIpc) is 3.20. The number of rotatable bonds is 4. The van der Waals surface area contributed by atoms with E-state index in [9.17, 15) is 0 Å². The van der Waals surface area contributed by atoms with Gasteiger partial charge >= 0.3 is 0 Å². The van der Waals surface area contributed by atoms with Gasteiger partial charge in [-0.3, -0.25) is 0 Å². The lowest BCUT2D eigenvalue weighted by atomic mass is 9.47. The minimum atomic E-state index is 0.0371. The van der Waals surface area contributed by atoms with Gasteiger partial charge in [-0.15, -0.1) is 0 Å². The first-order valence-electron chi connectivity index (χ1n) is 15.9. The van der Waals surface area contributed by atoms with E-state index in [1.165, 1.54) is 38.7 Å². The summed E-state index contributed by atoms with van der Waals surface area (Å²) < 4.78 is 0. The van der Waals surface area contributed by atoms with Gasteiger partial charge in [0.15, 0.2) is 0 Å². The summed E-state index contributed by atoms with van der Waals surface area (Å²) in [5.41, 5.74) is 11.1. The number of para-hydroxylation sites is 2. The second kappa shape index (κ2) is 8.85. The molecule has 5 aromatic rings. The topological polar surface area (TPSA) is 3.24 Å². The monoisotopic (exact) mass is 563 g/mol. The zero-order valence-electron chi connectivity index (χ0n) is 27.3. The third kappa shape index (κ3) is 3.40. The van der Waals surface area contributed by atoms with Crippen LogP contribution in [0.3, 0.4) is 0 Å². The molecule has 0 fully saturated rings. The molecule has 0 spiro atoms. The highest BCUT2D eigenvalue weighted by Crippen LogP contribution is 2.76. The van der Waals surface area contributed by atoms with Gasteiger partial charge in [-0.25, -0.2) is 0 Å². The first-order valence-corrected chi connectivity index (χ1v) is 15.9. The Morgan fingerprint density at radius 3 is 1.42 bits per heavy atom. The summed E-state index contributed by atoms with van der Waals surface area (Å²) in [6, 6.07) is 40.3. The predicted octanol–water partition coefficient (Wildman–Crippen LogP) is 11.9. The van der Waals surface area contributed by atoms with Gasteiger partial charge in [0.25, 0.3) is 0 Å². The summed E-state index contributed by atoms with van der Waals surface area (Å²) in [5.74, 6) is 0. The van der Waals surface area contributed by atoms with Crippen molar-refractivity contribution < 1.29 is 0 Å². The highest BCUT2D eigenvalue weighted by Gasteiger charge is 2.72. The molecule has 43 heavy (non-hydrogen) atoms. The normalized spacial score (nSPS) is 19.7. The Morgan fingerprint density at radius 1 is 0.465 bits per heavy atom. The molecule has 0 saturated carbocycles. The lowest BCUT2D eigenvalue weighted by Crippen LogP contribution is -2.54. The van der Waals surface area contributed by atoms with Crippen molar-refractivity contribution in [2.45, 2.75) is 78.6 Å². The SMILES string of the molecule is CC1(C)c2cc(-c3cc(N(c4ccccc4)c4ccccc4)c4ccccc4c3)cc3c2C(C)(C1(C)C)C(C)(C)C3(C)C. The van der Waals surface area contributed by atoms with E-state index < -0.39 is 0 Å². The van der Waals surface area contributed by atoms with Gasteiger partial charge in [0.1, 0.15) is 0 Å². The molecule has 5 aromatic carbocycles. The molecule has 0 amide bonds. The summed E-state index contributed by atoms with van der Waals surface area (Å²) in [5, 5.41) is 2.51. The van der Waals surface area contributed by atoms with E-state index in [4.69, 9.17) is 0 Å². The maximum Gasteiger partial charge on any atom is 0.0546 e. The second-order valence-corrected chi connectivity index (χ2v) is 15.3. The Hall–Kier alpha value is -3.84. The molecule has 0 unspecified atom stereocenters. The van der Waals surface area contributed by atoms with Crippen LogP contribution in [0, 0.1) is 10.8 Å². The fraction of sp³-hybridized carbons (Fsp3) is 0.333. The van der Waals surface area contributed by atoms with Gasteiger partial charge in [0.2, 0.25) is 0 Å². The van der Waals surface area contributed by atoms with Crippen LogP contribution in [0.15, 0.2) is 109 Å². The molecular weight excluding hydrogens is 518 g/mol. The van der Waals surface area contributed by atoms with Gasteiger partial charge in [0.05, 0.1) is 5.69 Å². The molecule has 1 heteroatoms. The second-order valence-electron chi connectivity index (χ2n) is 15.3. The fourth-order valence-electron chi connectivity index (χ4n) is 8.89. The molecule has 2 aliphatic rings. The lowest BCUT2D eigenvalue weighted by molar-refractivity contribution is -0.0105. The van der Waals surface area contributed by atoms with E-state index in [0.29, 0.717) is 0 Å². The van der Waals surface area contributed by atoms with Crippen molar-refractivity contribution in [3.8, 4) is 11.1 Å². The van der Waals surface area contributed by atoms with Gasteiger partial charge in [0, 0.05) is 22.2 Å². The Bertz CT molecular complexity index is 1780. The van der Waals surface area contributed by atoms with E-state index in [1.54, 1.807) is 5.56 Å². The van der Waals surface area contributed by atoms with Gasteiger partial charge in [-0.05, 0) is 91.3 Å². The van der Waals surface area contributed by atoms with Crippen LogP contribution in [0.5, 0.6) is 0 Å². The summed E-state index contributed by atoms with van der Waals surface area (Å²) in [4.78, 5) is 2.41. The Kier molecular flexibility index (Phi) is 5.76. The van der Waals surface area contributed by atoms with Crippen molar-refractivity contribution in [2.75, 3.05) is 4.90 Å². The van der Waals surface area contributed by atoms with Crippen molar-refractivity contribution in [1.29, 1.82) is 0 Å². The van der Waals surface area contributed by atoms with E-state index >= 15 is 0 Å². The number of benzene rings is 5. The number of hydrogen-bond acceptors (Lipinski definition) is 1. The molecule has 0 aliphatic heterocycles. The predicted molar refractivity (Wildman–Crippen MR) is 185 cm³/mol. The molecule has 0 saturated heterocycles. The van der Waals surface area contributed by atoms with Gasteiger partial charge < -0.3 is 4.90 Å². The molecule has 0 aromatic heterocycles. The minimum absolute atomic E-state index is 0.0371. The number of hydrogen-bond donors (Lipinski definition) is 0. The quantitative estimate of drug-likeness (QED) is 0.210. The van der Waals surface area contributed by atoms with Gasteiger partial charge in [-0.2, -0.15) is 0 Å². The first-order chi connectivity index (χ1) is 20.2. The molecule has 0 radical (unpaired) electrons. The standard InChI is InChI=1S/C42H45N/c1-38(2)34-25-30(26-35-37(34)42(9,40(38,5)6)41(7,8)39(35,3)4)29-24-28-18-16-17-23-33(28)36(27-29)43(31-19-12-10-13-20-31)32-21-14-11-15-22-32/h10-27H,1-9H3. The van der Waals surface area contributed by atoms with Crippen LogP contribution < -0.4 is 4.90 Å². The molecule has 2 aliphatic carbocycles. The number of nitrogens with zero attached hydrogens (tertiary/aromatic N) is 1. The molecule has 1 nitrogen and oxygen atoms in total. The highest BCUT2D eigenvalue weighted by molar-refractivity contribution is 6.02. The molecule has 7 rings (SSSR count). The van der Waals surface area contributed by atoms with E-state index in [0.717, 1.165) is 11.4 Å². The zero-order chi connectivity index (χ0) is 30.6. The molecule has 0 heterocycles. The molecule has 0 N–H and O–H groups in total. The highest BCUT2D eigenvalue weighted by atomic mass is 15.1. The van der Waals surface area contributed by atoms with Crippen molar-refractivity contribution in [2.24, 2.45) is 10.8 Å². The van der Waals surface area contributed by atoms with Gasteiger partial charge in [-0.1, -0.05) is 135 Å². The van der Waals surface area contributed by atoms with Crippen molar-refractivity contribution in [3.63, 3.8) is 0 Å². The van der Waals surface area contributed by atoms with Crippen LogP contribution in [0.1, 0.15) is 79.0 Å². The van der Waals surface area contributed by atoms with E-state index in [-0.39, 0.29) is 27.1 Å². The van der Waals surface area contributed by atoms with Crippen molar-refractivity contribution >= 4 is 27.8 Å². The molecular formula is C42H45N. The Labute approximate surface area is 258 Å². The van der Waals surface area contributed by atoms with Crippen LogP contribution >= 0.6 is 0 Å². The fourth-order valence-corrected chi connectivity index (χ4v) is 8.89. The van der Waals surface area contributed by atoms with Crippen molar-refractivity contribution in [3.05, 3.63) is 126 Å². The largest absolute Gasteiger partial charge is 0.310 e. The van der Waals surface area contributed by atoms with Crippen LogP contribution in [0.25, 0.3) is 21.9 Å². The molecule has 218 valence electrons. The summed E-state index contributed by atoms with van der Waals surface area (Å²) in [6.07, 6.45) is 0. The molecule has 0 atom stereocenters. The summed E-state index contributed by atoms with van der Waals surface area (Å²) in [6.45, 7) is 22.6. The maximum absolute atomic E-state index is 2.56. The average molecular weight is 564 g/mol. The zero-order valence-corrected chi connectivity index (χ0v) is 27.3. The molecule has 0 bridgehead atoms. The van der Waals surface area contributed by atoms with Crippen LogP contribution in [-0.2, 0) is 16.2 Å². The van der Waals surface area contributed by atoms with Crippen molar-refractivity contribution in [1.82, 2.24) is 0 Å². The Balaban J connectivity index is 1.53. The summed E-state index contributed by atoms with van der Waals surface area (Å²) >= 11 is 0. The Morgan fingerprint density at radius 2 is 0.907 bits per heavy atom. The van der Waals surface area contributed by atoms with Crippen LogP contribution in [0.4, 0.5) is 17.1 Å². The van der Waals surface area contributed by atoms with Crippen LogP contribution in [-0.4, -0.2) is 0 Å². The minimum Gasteiger partial charge on any atom is -0.310 e. The third-order valence-electron chi connectivity index (χ3n) is 13.1. The summed E-state index contributed by atoms with van der Waals surface area (Å²) in [7, 11) is 0. The number of fused-ring (bicyclic) bond motifs is 1. The lowest BCUT2D eigenvalue weighted by Gasteiger charge is -2.56. The third-order valence-corrected chi connectivity index (χ3v) is 13.1. The first kappa shape index (κ1) is 28.0. The number of anilines is 3. The van der Waals surface area contributed by atoms with E-state index in [2.05, 4.69) is 176 Å². The maximum atomic E-state index is 2.56. The smallest absolute Gasteiger partial charge is 0.0546 e.